The number of nitrogens with zero attached hydrogens (tertiary/aromatic N) is 3. The van der Waals surface area contributed by atoms with Gasteiger partial charge in [0, 0.05) is 10.3 Å². The van der Waals surface area contributed by atoms with Crippen LogP contribution in [0.3, 0.4) is 0 Å². The first-order chi connectivity index (χ1) is 7.29. The summed E-state index contributed by atoms with van der Waals surface area (Å²) in [5.41, 5.74) is 8.12. The maximum Gasteiger partial charge on any atom is 0.225 e. The lowest BCUT2D eigenvalue weighted by molar-refractivity contribution is -0.135. The van der Waals surface area contributed by atoms with Crippen LogP contribution in [0.2, 0.25) is 0 Å². The summed E-state index contributed by atoms with van der Waals surface area (Å²) in [6.07, 6.45) is 8.86. The molecular weight excluding hydrogens is 190 g/mol. The Balaban J connectivity index is 2.25. The molecule has 0 aromatic heterocycles. The summed E-state index contributed by atoms with van der Waals surface area (Å²) in [4.78, 5) is 14.6. The second kappa shape index (κ2) is 4.23. The second-order valence-corrected chi connectivity index (χ2v) is 4.84. The van der Waals surface area contributed by atoms with Crippen molar-refractivity contribution in [2.24, 2.45) is 16.4 Å². The summed E-state index contributed by atoms with van der Waals surface area (Å²) in [6.45, 7) is 0. The van der Waals surface area contributed by atoms with Crippen LogP contribution < -0.4 is 0 Å². The molecule has 0 aliphatic heterocycles. The van der Waals surface area contributed by atoms with E-state index in [1.807, 2.05) is 0 Å². The lowest BCUT2D eigenvalue weighted by Gasteiger charge is -2.45. The average molecular weight is 207 g/mol. The summed E-state index contributed by atoms with van der Waals surface area (Å²) < 4.78 is 0. The highest BCUT2D eigenvalue weighted by atomic mass is 16.2. The highest BCUT2D eigenvalue weighted by Crippen LogP contribution is 2.51. The first-order valence-electron chi connectivity index (χ1n) is 5.89. The molecule has 15 heavy (non-hydrogen) atoms. The highest BCUT2D eigenvalue weighted by molar-refractivity contribution is 5.84. The van der Waals surface area contributed by atoms with Gasteiger partial charge in [-0.05, 0) is 42.2 Å². The number of carbonyl (C=O) groups is 1. The van der Waals surface area contributed by atoms with Crippen LogP contribution in [0.5, 0.6) is 0 Å². The van der Waals surface area contributed by atoms with Gasteiger partial charge in [-0.2, -0.15) is 0 Å². The third-order valence-electron chi connectivity index (χ3n) is 4.19. The first kappa shape index (κ1) is 10.5. The Bertz CT molecular complexity index is 295. The number of rotatable bonds is 1. The molecule has 4 nitrogen and oxygen atoms in total. The van der Waals surface area contributed by atoms with Crippen molar-refractivity contribution in [3.8, 4) is 0 Å². The van der Waals surface area contributed by atoms with Gasteiger partial charge < -0.3 is 0 Å². The number of amides is 1. The second-order valence-electron chi connectivity index (χ2n) is 4.84. The van der Waals surface area contributed by atoms with Gasteiger partial charge in [0.25, 0.3) is 0 Å². The van der Waals surface area contributed by atoms with Crippen LogP contribution in [0, 0.1) is 11.3 Å². The van der Waals surface area contributed by atoms with Crippen molar-refractivity contribution in [3.63, 3.8) is 0 Å². The van der Waals surface area contributed by atoms with E-state index in [-0.39, 0.29) is 11.3 Å². The molecule has 2 saturated carbocycles. The van der Waals surface area contributed by atoms with Crippen molar-refractivity contribution >= 4 is 5.91 Å². The van der Waals surface area contributed by atoms with Gasteiger partial charge in [-0.25, -0.2) is 0 Å². The molecule has 2 rings (SSSR count). The lowest BCUT2D eigenvalue weighted by Crippen LogP contribution is -2.42. The lowest BCUT2D eigenvalue weighted by atomic mass is 9.59. The molecule has 0 bridgehead atoms. The quantitative estimate of drug-likeness (QED) is 0.368. The monoisotopic (exact) mass is 207 g/mol. The smallest absolute Gasteiger partial charge is 0.225 e. The predicted molar refractivity (Wildman–Crippen MR) is 57.0 cm³/mol. The van der Waals surface area contributed by atoms with E-state index in [1.54, 1.807) is 0 Å². The molecule has 0 aromatic rings. The van der Waals surface area contributed by atoms with Crippen LogP contribution in [0.1, 0.15) is 51.4 Å². The van der Waals surface area contributed by atoms with Gasteiger partial charge in [-0.1, -0.05) is 25.7 Å². The van der Waals surface area contributed by atoms with Crippen LogP contribution in [0.4, 0.5) is 0 Å². The summed E-state index contributed by atoms with van der Waals surface area (Å²) >= 11 is 0. The van der Waals surface area contributed by atoms with Crippen molar-refractivity contribution < 1.29 is 4.79 Å². The van der Waals surface area contributed by atoms with Crippen molar-refractivity contribution in [1.29, 1.82) is 0 Å². The topological polar surface area (TPSA) is 65.8 Å². The zero-order valence-corrected chi connectivity index (χ0v) is 8.98. The van der Waals surface area contributed by atoms with E-state index in [4.69, 9.17) is 5.53 Å². The zero-order valence-electron chi connectivity index (χ0n) is 8.98. The van der Waals surface area contributed by atoms with E-state index in [0.717, 1.165) is 38.5 Å². The molecule has 82 valence electrons. The van der Waals surface area contributed by atoms with Gasteiger partial charge >= 0.3 is 0 Å². The molecule has 0 saturated heterocycles. The minimum atomic E-state index is -0.275. The molecule has 4 heteroatoms. The molecule has 2 fully saturated rings. The van der Waals surface area contributed by atoms with Crippen LogP contribution in [0.15, 0.2) is 5.11 Å². The zero-order chi connectivity index (χ0) is 10.7. The molecule has 0 unspecified atom stereocenters. The minimum Gasteiger partial charge on any atom is -0.292 e. The number of hydrogen-bond donors (Lipinski definition) is 0. The molecule has 0 atom stereocenters. The van der Waals surface area contributed by atoms with Gasteiger partial charge in [0.15, 0.2) is 0 Å². The van der Waals surface area contributed by atoms with Crippen molar-refractivity contribution in [2.45, 2.75) is 51.4 Å². The minimum absolute atomic E-state index is 0.186. The average Bonchev–Trinajstić information content (AvgIpc) is 2.29. The van der Waals surface area contributed by atoms with Crippen molar-refractivity contribution in [3.05, 3.63) is 10.4 Å². The maximum absolute atomic E-state index is 11.9. The third-order valence-corrected chi connectivity index (χ3v) is 4.19. The molecule has 0 N–H and O–H groups in total. The summed E-state index contributed by atoms with van der Waals surface area (Å²) in [7, 11) is 0. The fourth-order valence-electron chi connectivity index (χ4n) is 3.42. The molecular formula is C11H17N3O. The Morgan fingerprint density at radius 2 is 1.80 bits per heavy atom. The Labute approximate surface area is 89.7 Å². The van der Waals surface area contributed by atoms with Crippen molar-refractivity contribution in [2.75, 3.05) is 0 Å². The maximum atomic E-state index is 11.9. The first-order valence-corrected chi connectivity index (χ1v) is 5.89. The van der Waals surface area contributed by atoms with E-state index < -0.39 is 0 Å². The van der Waals surface area contributed by atoms with E-state index >= 15 is 0 Å². The molecule has 0 aromatic carbocycles. The van der Waals surface area contributed by atoms with E-state index in [0.29, 0.717) is 5.92 Å². The van der Waals surface area contributed by atoms with Crippen LogP contribution in [-0.2, 0) is 4.79 Å². The van der Waals surface area contributed by atoms with E-state index in [9.17, 15) is 4.79 Å². The molecule has 1 amide bonds. The fraction of sp³-hybridized carbons (Fsp3) is 0.909. The molecule has 0 heterocycles. The predicted octanol–water partition coefficient (Wildman–Crippen LogP) is 3.57. The Morgan fingerprint density at radius 1 is 1.20 bits per heavy atom. The Morgan fingerprint density at radius 3 is 2.33 bits per heavy atom. The summed E-state index contributed by atoms with van der Waals surface area (Å²) in [5, 5.41) is 3.36. The van der Waals surface area contributed by atoms with Crippen molar-refractivity contribution in [1.82, 2.24) is 0 Å². The van der Waals surface area contributed by atoms with Gasteiger partial charge in [-0.15, -0.1) is 0 Å². The summed E-state index contributed by atoms with van der Waals surface area (Å²) in [5.74, 6) is 0.299. The number of carbonyl (C=O) groups excluding carboxylic acids is 1. The van der Waals surface area contributed by atoms with E-state index in [2.05, 4.69) is 10.0 Å². The normalized spacial score (nSPS) is 35.1. The molecule has 0 radical (unpaired) electrons. The molecule has 0 spiro atoms. The van der Waals surface area contributed by atoms with Gasteiger partial charge in [0.05, 0.1) is 0 Å². The third kappa shape index (κ3) is 1.74. The SMILES string of the molecule is [N-]=[N+]=NC(=O)C12CCCCC1CCCC2. The number of azide groups is 1. The highest BCUT2D eigenvalue weighted by Gasteiger charge is 2.46. The van der Waals surface area contributed by atoms with Gasteiger partial charge in [0.2, 0.25) is 5.91 Å². The molecule has 2 aliphatic carbocycles. The van der Waals surface area contributed by atoms with Crippen LogP contribution in [0.25, 0.3) is 10.4 Å². The summed E-state index contributed by atoms with van der Waals surface area (Å²) in [6, 6.07) is 0. The largest absolute Gasteiger partial charge is 0.292 e. The Hall–Kier alpha value is -1.02. The number of hydrogen-bond acceptors (Lipinski definition) is 1. The van der Waals surface area contributed by atoms with Gasteiger partial charge in [-0.3, -0.25) is 4.79 Å². The Kier molecular flexibility index (Phi) is 2.96. The van der Waals surface area contributed by atoms with Crippen LogP contribution in [-0.4, -0.2) is 5.91 Å². The van der Waals surface area contributed by atoms with Crippen LogP contribution >= 0.6 is 0 Å². The standard InChI is InChI=1S/C11H17N3O/c12-14-13-10(15)11-7-3-1-5-9(11)6-2-4-8-11/h9H,1-8H2. The van der Waals surface area contributed by atoms with Gasteiger partial charge in [0.1, 0.15) is 0 Å². The van der Waals surface area contributed by atoms with E-state index in [1.165, 1.54) is 12.8 Å². The molecule has 2 aliphatic rings. The number of fused-ring (bicyclic) bond motifs is 1. The fourth-order valence-corrected chi connectivity index (χ4v) is 3.42.